The van der Waals surface area contributed by atoms with Crippen molar-refractivity contribution in [2.45, 2.75) is 25.8 Å². The van der Waals surface area contributed by atoms with Gasteiger partial charge in [-0.1, -0.05) is 0 Å². The maximum atomic E-state index is 12.2. The zero-order valence-corrected chi connectivity index (χ0v) is 11.7. The fourth-order valence-corrected chi connectivity index (χ4v) is 3.62. The lowest BCUT2D eigenvalue weighted by molar-refractivity contribution is 0.169. The predicted octanol–water partition coefficient (Wildman–Crippen LogP) is 0.00940. The van der Waals surface area contributed by atoms with Gasteiger partial charge in [-0.25, -0.2) is 0 Å². The molecule has 0 amide bonds. The Morgan fingerprint density at radius 1 is 1.58 bits per heavy atom. The van der Waals surface area contributed by atoms with Gasteiger partial charge in [0.05, 0.1) is 6.20 Å². The van der Waals surface area contributed by atoms with Crippen LogP contribution in [0.15, 0.2) is 12.4 Å². The Labute approximate surface area is 113 Å². The van der Waals surface area contributed by atoms with Crippen LogP contribution in [0.5, 0.6) is 0 Å². The van der Waals surface area contributed by atoms with Gasteiger partial charge in [0.2, 0.25) is 0 Å². The third-order valence-corrected chi connectivity index (χ3v) is 5.21. The molecule has 0 radical (unpaired) electrons. The molecule has 0 saturated carbocycles. The summed E-state index contributed by atoms with van der Waals surface area (Å²) in [7, 11) is -3.48. The van der Waals surface area contributed by atoms with Crippen LogP contribution in [0, 0.1) is 5.92 Å². The van der Waals surface area contributed by atoms with Crippen molar-refractivity contribution in [3.05, 3.63) is 18.0 Å². The van der Waals surface area contributed by atoms with Crippen molar-refractivity contribution < 1.29 is 13.5 Å². The number of H-pyrrole nitrogens is 1. The predicted molar refractivity (Wildman–Crippen MR) is 70.4 cm³/mol. The highest BCUT2D eigenvalue weighted by atomic mass is 32.2. The molecule has 3 N–H and O–H groups in total. The smallest absolute Gasteiger partial charge is 0.279 e. The maximum Gasteiger partial charge on any atom is 0.279 e. The SMILES string of the molecule is CC(NS(=O)(=O)N1CCC(CO)CC1)c1cn[nH]c1. The van der Waals surface area contributed by atoms with E-state index < -0.39 is 10.2 Å². The fourth-order valence-electron chi connectivity index (χ4n) is 2.20. The molecule has 1 atom stereocenters. The Hall–Kier alpha value is -0.960. The van der Waals surface area contributed by atoms with E-state index in [1.54, 1.807) is 19.3 Å². The number of aliphatic hydroxyl groups excluding tert-OH is 1. The van der Waals surface area contributed by atoms with Crippen LogP contribution in [-0.4, -0.2) is 47.7 Å². The van der Waals surface area contributed by atoms with E-state index in [1.807, 2.05) is 0 Å². The number of nitrogens with one attached hydrogen (secondary N) is 2. The van der Waals surface area contributed by atoms with Gasteiger partial charge in [0.1, 0.15) is 0 Å². The Morgan fingerprint density at radius 2 is 2.26 bits per heavy atom. The molecule has 1 aromatic rings. The summed E-state index contributed by atoms with van der Waals surface area (Å²) in [5.74, 6) is 0.220. The molecule has 0 spiro atoms. The Bertz CT molecular complexity index is 480. The summed E-state index contributed by atoms with van der Waals surface area (Å²) in [6.45, 7) is 2.83. The molecule has 108 valence electrons. The molecule has 1 unspecified atom stereocenters. The zero-order chi connectivity index (χ0) is 13.9. The summed E-state index contributed by atoms with van der Waals surface area (Å²) in [5, 5.41) is 15.5. The summed E-state index contributed by atoms with van der Waals surface area (Å²) in [4.78, 5) is 0. The van der Waals surface area contributed by atoms with Crippen molar-refractivity contribution in [1.29, 1.82) is 0 Å². The van der Waals surface area contributed by atoms with Crippen LogP contribution in [-0.2, 0) is 10.2 Å². The van der Waals surface area contributed by atoms with Crippen LogP contribution in [0.1, 0.15) is 31.4 Å². The second-order valence-electron chi connectivity index (χ2n) is 4.90. The minimum absolute atomic E-state index is 0.132. The van der Waals surface area contributed by atoms with Gasteiger partial charge in [0.15, 0.2) is 0 Å². The third-order valence-electron chi connectivity index (χ3n) is 3.52. The van der Waals surface area contributed by atoms with E-state index in [0.717, 1.165) is 5.56 Å². The number of nitrogens with zero attached hydrogens (tertiary/aromatic N) is 2. The number of aromatic nitrogens is 2. The first kappa shape index (κ1) is 14.4. The van der Waals surface area contributed by atoms with Crippen LogP contribution in [0.4, 0.5) is 0 Å². The average molecular weight is 288 g/mol. The van der Waals surface area contributed by atoms with E-state index >= 15 is 0 Å². The highest BCUT2D eigenvalue weighted by Crippen LogP contribution is 2.20. The molecular formula is C11H20N4O3S. The van der Waals surface area contributed by atoms with Gasteiger partial charge in [0.25, 0.3) is 10.2 Å². The topological polar surface area (TPSA) is 98.3 Å². The lowest BCUT2D eigenvalue weighted by Gasteiger charge is -2.31. The largest absolute Gasteiger partial charge is 0.396 e. The Balaban J connectivity index is 1.95. The summed E-state index contributed by atoms with van der Waals surface area (Å²) in [6.07, 6.45) is 4.69. The normalized spacial score (nSPS) is 20.5. The molecule has 1 aliphatic heterocycles. The Morgan fingerprint density at radius 3 is 2.79 bits per heavy atom. The van der Waals surface area contributed by atoms with E-state index in [4.69, 9.17) is 5.11 Å². The number of rotatable bonds is 5. The van der Waals surface area contributed by atoms with Crippen molar-refractivity contribution in [3.63, 3.8) is 0 Å². The molecule has 7 nitrogen and oxygen atoms in total. The molecule has 0 bridgehead atoms. The van der Waals surface area contributed by atoms with Gasteiger partial charge in [-0.15, -0.1) is 0 Å². The van der Waals surface area contributed by atoms with Gasteiger partial charge >= 0.3 is 0 Å². The van der Waals surface area contributed by atoms with Crippen LogP contribution in [0.2, 0.25) is 0 Å². The summed E-state index contributed by atoms with van der Waals surface area (Å²) < 4.78 is 28.5. The standard InChI is InChI=1S/C11H20N4O3S/c1-9(11-6-12-13-7-11)14-19(17,18)15-4-2-10(8-16)3-5-15/h6-7,9-10,14,16H,2-5,8H2,1H3,(H,12,13). The van der Waals surface area contributed by atoms with Crippen LogP contribution < -0.4 is 4.72 Å². The summed E-state index contributed by atoms with van der Waals surface area (Å²) >= 11 is 0. The van der Waals surface area contributed by atoms with Crippen molar-refractivity contribution in [2.75, 3.05) is 19.7 Å². The molecule has 0 aliphatic carbocycles. The monoisotopic (exact) mass is 288 g/mol. The average Bonchev–Trinajstić information content (AvgIpc) is 2.92. The molecule has 2 heterocycles. The molecule has 1 aromatic heterocycles. The van der Waals surface area contributed by atoms with E-state index in [9.17, 15) is 8.42 Å². The molecule has 2 rings (SSSR count). The van der Waals surface area contributed by atoms with Gasteiger partial charge in [-0.05, 0) is 25.7 Å². The minimum atomic E-state index is -3.48. The summed E-state index contributed by atoms with van der Waals surface area (Å²) in [6, 6.07) is -0.320. The van der Waals surface area contributed by atoms with Gasteiger partial charge in [-0.3, -0.25) is 5.10 Å². The zero-order valence-electron chi connectivity index (χ0n) is 10.9. The van der Waals surface area contributed by atoms with Crippen molar-refractivity contribution in [3.8, 4) is 0 Å². The lowest BCUT2D eigenvalue weighted by Crippen LogP contribution is -2.46. The number of aromatic amines is 1. The summed E-state index contributed by atoms with van der Waals surface area (Å²) in [5.41, 5.74) is 0.800. The lowest BCUT2D eigenvalue weighted by atomic mass is 10.00. The quantitative estimate of drug-likeness (QED) is 0.711. The van der Waals surface area contributed by atoms with Crippen LogP contribution >= 0.6 is 0 Å². The Kier molecular flexibility index (Phi) is 4.56. The van der Waals surface area contributed by atoms with Gasteiger partial charge in [0, 0.05) is 37.5 Å². The molecular weight excluding hydrogens is 268 g/mol. The van der Waals surface area contributed by atoms with E-state index in [-0.39, 0.29) is 18.6 Å². The fraction of sp³-hybridized carbons (Fsp3) is 0.727. The molecule has 1 saturated heterocycles. The third kappa shape index (κ3) is 3.53. The first-order valence-electron chi connectivity index (χ1n) is 6.40. The number of piperidine rings is 1. The molecule has 1 aliphatic rings. The second kappa shape index (κ2) is 6.00. The van der Waals surface area contributed by atoms with Crippen molar-refractivity contribution >= 4 is 10.2 Å². The van der Waals surface area contributed by atoms with Crippen LogP contribution in [0.3, 0.4) is 0 Å². The van der Waals surface area contributed by atoms with E-state index in [1.165, 1.54) is 4.31 Å². The first-order chi connectivity index (χ1) is 9.03. The number of hydrogen-bond acceptors (Lipinski definition) is 4. The van der Waals surface area contributed by atoms with Gasteiger partial charge < -0.3 is 5.11 Å². The maximum absolute atomic E-state index is 12.2. The van der Waals surface area contributed by atoms with Crippen molar-refractivity contribution in [1.82, 2.24) is 19.2 Å². The van der Waals surface area contributed by atoms with E-state index in [0.29, 0.717) is 25.9 Å². The van der Waals surface area contributed by atoms with Crippen molar-refractivity contribution in [2.24, 2.45) is 5.92 Å². The molecule has 19 heavy (non-hydrogen) atoms. The number of hydrogen-bond donors (Lipinski definition) is 3. The van der Waals surface area contributed by atoms with Crippen LogP contribution in [0.25, 0.3) is 0 Å². The minimum Gasteiger partial charge on any atom is -0.396 e. The highest BCUT2D eigenvalue weighted by Gasteiger charge is 2.28. The van der Waals surface area contributed by atoms with E-state index in [2.05, 4.69) is 14.9 Å². The molecule has 0 aromatic carbocycles. The second-order valence-corrected chi connectivity index (χ2v) is 6.60. The van der Waals surface area contributed by atoms with Gasteiger partial charge in [-0.2, -0.15) is 22.5 Å². The first-order valence-corrected chi connectivity index (χ1v) is 7.84. The number of aliphatic hydroxyl groups is 1. The molecule has 8 heteroatoms. The highest BCUT2D eigenvalue weighted by molar-refractivity contribution is 7.87. The molecule has 1 fully saturated rings.